The smallest absolute Gasteiger partial charge is 0.227 e. The Bertz CT molecular complexity index is 810. The van der Waals surface area contributed by atoms with Crippen molar-refractivity contribution in [1.82, 2.24) is 15.5 Å². The van der Waals surface area contributed by atoms with Gasteiger partial charge < -0.3 is 15.5 Å². The first-order valence-electron chi connectivity index (χ1n) is 12.0. The SMILES string of the molecule is Cl.O=C(Cc1cccc2ccccc12)N1CCC(CNCCCCNCC2CC2)CC1. The van der Waals surface area contributed by atoms with E-state index >= 15 is 0 Å². The molecule has 0 unspecified atom stereocenters. The predicted octanol–water partition coefficient (Wildman–Crippen LogP) is 4.41. The molecule has 1 aliphatic carbocycles. The van der Waals surface area contributed by atoms with E-state index in [2.05, 4.69) is 58.0 Å². The lowest BCUT2D eigenvalue weighted by molar-refractivity contribution is -0.131. The number of likely N-dealkylation sites (tertiary alicyclic amines) is 1. The van der Waals surface area contributed by atoms with Crippen LogP contribution in [0, 0.1) is 11.8 Å². The predicted molar refractivity (Wildman–Crippen MR) is 132 cm³/mol. The zero-order chi connectivity index (χ0) is 20.6. The molecule has 31 heavy (non-hydrogen) atoms. The Labute approximate surface area is 193 Å². The van der Waals surface area contributed by atoms with Gasteiger partial charge in [-0.3, -0.25) is 4.79 Å². The molecule has 0 atom stereocenters. The average molecular weight is 444 g/mol. The topological polar surface area (TPSA) is 44.4 Å². The zero-order valence-corrected chi connectivity index (χ0v) is 19.5. The maximum atomic E-state index is 12.9. The van der Waals surface area contributed by atoms with E-state index in [0.29, 0.717) is 12.3 Å². The molecule has 1 heterocycles. The van der Waals surface area contributed by atoms with Crippen LogP contribution in [0.1, 0.15) is 44.1 Å². The third-order valence-corrected chi connectivity index (χ3v) is 6.71. The summed E-state index contributed by atoms with van der Waals surface area (Å²) in [6.07, 6.45) is 8.14. The van der Waals surface area contributed by atoms with Crippen LogP contribution in [0.3, 0.4) is 0 Å². The zero-order valence-electron chi connectivity index (χ0n) is 18.7. The standard InChI is InChI=1S/C26H37N3O.ClH/c30-26(18-24-8-5-7-23-6-1-2-9-25(23)24)29-16-12-22(13-17-29)20-28-15-4-3-14-27-19-21-10-11-21;/h1-2,5-9,21-22,27-28H,3-4,10-20H2;1H. The number of unbranched alkanes of at least 4 members (excludes halogenated alkanes) is 1. The van der Waals surface area contributed by atoms with E-state index in [9.17, 15) is 4.79 Å². The van der Waals surface area contributed by atoms with Gasteiger partial charge in [0.25, 0.3) is 0 Å². The summed E-state index contributed by atoms with van der Waals surface area (Å²) in [5.74, 6) is 1.96. The lowest BCUT2D eigenvalue weighted by atomic mass is 9.95. The van der Waals surface area contributed by atoms with E-state index < -0.39 is 0 Å². The maximum absolute atomic E-state index is 12.9. The molecule has 0 bridgehead atoms. The fraction of sp³-hybridized carbons (Fsp3) is 0.577. The minimum atomic E-state index is 0. The monoisotopic (exact) mass is 443 g/mol. The van der Waals surface area contributed by atoms with Crippen LogP contribution in [0.4, 0.5) is 0 Å². The highest BCUT2D eigenvalue weighted by atomic mass is 35.5. The van der Waals surface area contributed by atoms with Crippen LogP contribution in [-0.4, -0.2) is 50.1 Å². The highest BCUT2D eigenvalue weighted by molar-refractivity contribution is 5.90. The Hall–Kier alpha value is -1.62. The van der Waals surface area contributed by atoms with Gasteiger partial charge in [-0.25, -0.2) is 0 Å². The van der Waals surface area contributed by atoms with Gasteiger partial charge in [-0.15, -0.1) is 12.4 Å². The molecular weight excluding hydrogens is 406 g/mol. The van der Waals surface area contributed by atoms with Crippen LogP contribution in [-0.2, 0) is 11.2 Å². The number of halogens is 1. The molecular formula is C26H38ClN3O. The molecule has 2 aromatic carbocycles. The Kier molecular flexibility index (Phi) is 9.63. The minimum Gasteiger partial charge on any atom is -0.342 e. The van der Waals surface area contributed by atoms with Crippen molar-refractivity contribution in [2.24, 2.45) is 11.8 Å². The van der Waals surface area contributed by atoms with Gasteiger partial charge in [0, 0.05) is 13.1 Å². The number of nitrogens with zero attached hydrogens (tertiary/aromatic N) is 1. The number of nitrogens with one attached hydrogen (secondary N) is 2. The minimum absolute atomic E-state index is 0. The van der Waals surface area contributed by atoms with E-state index in [1.165, 1.54) is 43.0 Å². The molecule has 2 N–H and O–H groups in total. The lowest BCUT2D eigenvalue weighted by Crippen LogP contribution is -2.41. The van der Waals surface area contributed by atoms with Crippen LogP contribution in [0.5, 0.6) is 0 Å². The number of piperidine rings is 1. The number of carbonyl (C=O) groups is 1. The second-order valence-corrected chi connectivity index (χ2v) is 9.20. The third-order valence-electron chi connectivity index (χ3n) is 6.71. The molecule has 1 amide bonds. The third kappa shape index (κ3) is 7.48. The maximum Gasteiger partial charge on any atom is 0.227 e. The van der Waals surface area contributed by atoms with Crippen molar-refractivity contribution in [3.63, 3.8) is 0 Å². The molecule has 0 radical (unpaired) electrons. The molecule has 1 saturated heterocycles. The summed E-state index contributed by atoms with van der Waals surface area (Å²) < 4.78 is 0. The normalized spacial score (nSPS) is 17.0. The Morgan fingerprint density at radius 1 is 0.839 bits per heavy atom. The van der Waals surface area contributed by atoms with Crippen LogP contribution >= 0.6 is 12.4 Å². The first-order chi connectivity index (χ1) is 14.8. The van der Waals surface area contributed by atoms with Crippen molar-refractivity contribution in [3.8, 4) is 0 Å². The summed E-state index contributed by atoms with van der Waals surface area (Å²) in [6, 6.07) is 14.6. The summed E-state index contributed by atoms with van der Waals surface area (Å²) in [5, 5.41) is 9.62. The Morgan fingerprint density at radius 3 is 2.13 bits per heavy atom. The molecule has 1 aliphatic heterocycles. The first kappa shape index (κ1) is 24.0. The van der Waals surface area contributed by atoms with E-state index in [4.69, 9.17) is 0 Å². The van der Waals surface area contributed by atoms with Gasteiger partial charge in [0.1, 0.15) is 0 Å². The fourth-order valence-corrected chi connectivity index (χ4v) is 4.54. The fourth-order valence-electron chi connectivity index (χ4n) is 4.54. The summed E-state index contributed by atoms with van der Waals surface area (Å²) >= 11 is 0. The summed E-state index contributed by atoms with van der Waals surface area (Å²) in [6.45, 7) is 6.41. The molecule has 170 valence electrons. The number of carbonyl (C=O) groups excluding carboxylic acids is 1. The molecule has 4 nitrogen and oxygen atoms in total. The number of hydrogen-bond acceptors (Lipinski definition) is 3. The highest BCUT2D eigenvalue weighted by Gasteiger charge is 2.23. The number of amides is 1. The summed E-state index contributed by atoms with van der Waals surface area (Å²) in [5.41, 5.74) is 1.15. The second kappa shape index (κ2) is 12.4. The van der Waals surface area contributed by atoms with Gasteiger partial charge in [0.2, 0.25) is 5.91 Å². The molecule has 2 aliphatic rings. The number of hydrogen-bond donors (Lipinski definition) is 2. The van der Waals surface area contributed by atoms with Gasteiger partial charge in [0.15, 0.2) is 0 Å². The van der Waals surface area contributed by atoms with Gasteiger partial charge in [-0.1, -0.05) is 42.5 Å². The van der Waals surface area contributed by atoms with Crippen molar-refractivity contribution < 1.29 is 4.79 Å². The summed E-state index contributed by atoms with van der Waals surface area (Å²) in [4.78, 5) is 14.9. The van der Waals surface area contributed by atoms with Crippen molar-refractivity contribution >= 4 is 29.1 Å². The van der Waals surface area contributed by atoms with Gasteiger partial charge >= 0.3 is 0 Å². The average Bonchev–Trinajstić information content (AvgIpc) is 3.61. The molecule has 2 fully saturated rings. The van der Waals surface area contributed by atoms with Gasteiger partial charge in [-0.05, 0) is 92.9 Å². The van der Waals surface area contributed by atoms with Crippen molar-refractivity contribution in [2.45, 2.75) is 44.9 Å². The Balaban J connectivity index is 0.00000272. The number of fused-ring (bicyclic) bond motifs is 1. The Morgan fingerprint density at radius 2 is 1.45 bits per heavy atom. The van der Waals surface area contributed by atoms with E-state index in [1.54, 1.807) is 0 Å². The molecule has 1 saturated carbocycles. The molecule has 4 rings (SSSR count). The van der Waals surface area contributed by atoms with E-state index in [-0.39, 0.29) is 18.3 Å². The van der Waals surface area contributed by atoms with Gasteiger partial charge in [-0.2, -0.15) is 0 Å². The van der Waals surface area contributed by atoms with Gasteiger partial charge in [0.05, 0.1) is 6.42 Å². The van der Waals surface area contributed by atoms with Crippen LogP contribution in [0.15, 0.2) is 42.5 Å². The molecule has 0 spiro atoms. The largest absolute Gasteiger partial charge is 0.342 e. The molecule has 2 aromatic rings. The highest BCUT2D eigenvalue weighted by Crippen LogP contribution is 2.27. The van der Waals surface area contributed by atoms with E-state index in [0.717, 1.165) is 57.0 Å². The van der Waals surface area contributed by atoms with E-state index in [1.807, 2.05) is 0 Å². The first-order valence-corrected chi connectivity index (χ1v) is 12.0. The molecule has 0 aromatic heterocycles. The second-order valence-electron chi connectivity index (χ2n) is 9.20. The number of rotatable bonds is 11. The quantitative estimate of drug-likeness (QED) is 0.505. The van der Waals surface area contributed by atoms with Crippen LogP contribution in [0.25, 0.3) is 10.8 Å². The van der Waals surface area contributed by atoms with Crippen LogP contribution in [0.2, 0.25) is 0 Å². The van der Waals surface area contributed by atoms with Crippen molar-refractivity contribution in [1.29, 1.82) is 0 Å². The van der Waals surface area contributed by atoms with Crippen LogP contribution < -0.4 is 10.6 Å². The lowest BCUT2D eigenvalue weighted by Gasteiger charge is -2.32. The van der Waals surface area contributed by atoms with Crippen molar-refractivity contribution in [3.05, 3.63) is 48.0 Å². The molecule has 5 heteroatoms. The van der Waals surface area contributed by atoms with Crippen molar-refractivity contribution in [2.75, 3.05) is 39.3 Å². The summed E-state index contributed by atoms with van der Waals surface area (Å²) in [7, 11) is 0. The number of benzene rings is 2.